The Bertz CT molecular complexity index is 1280. The Morgan fingerprint density at radius 2 is 2.06 bits per heavy atom. The van der Waals surface area contributed by atoms with E-state index in [4.69, 9.17) is 32.9 Å². The molecule has 4 aromatic rings. The molecule has 5 nitrogen and oxygen atoms in total. The van der Waals surface area contributed by atoms with Crippen LogP contribution in [-0.2, 0) is 6.42 Å². The van der Waals surface area contributed by atoms with Crippen molar-refractivity contribution < 1.29 is 4.74 Å². The van der Waals surface area contributed by atoms with Gasteiger partial charge >= 0.3 is 0 Å². The number of methoxy groups -OCH3 is 1. The van der Waals surface area contributed by atoms with E-state index in [2.05, 4.69) is 10.3 Å². The fourth-order valence-corrected chi connectivity index (χ4v) is 5.83. The molecule has 164 valence electrons. The molecule has 0 fully saturated rings. The predicted octanol–water partition coefficient (Wildman–Crippen LogP) is 7.16. The van der Waals surface area contributed by atoms with Crippen molar-refractivity contribution in [1.82, 2.24) is 14.5 Å². The van der Waals surface area contributed by atoms with E-state index in [1.54, 1.807) is 24.8 Å². The molecule has 1 unspecified atom stereocenters. The Morgan fingerprint density at radius 1 is 1.19 bits per heavy atom. The SMILES string of the molecule is COc1cc(Nc2nc3c(s2)CCCC3c2ccc(Cl)cc2Cl)ccc1-n1cnc(C)c1. The molecule has 2 aromatic carbocycles. The summed E-state index contributed by atoms with van der Waals surface area (Å²) in [7, 11) is 1.68. The smallest absolute Gasteiger partial charge is 0.187 e. The van der Waals surface area contributed by atoms with Crippen molar-refractivity contribution >= 4 is 45.4 Å². The number of ether oxygens (including phenoxy) is 1. The quantitative estimate of drug-likeness (QED) is 0.326. The second-order valence-electron chi connectivity index (χ2n) is 7.87. The van der Waals surface area contributed by atoms with Crippen molar-refractivity contribution in [3.05, 3.63) is 80.8 Å². The molecular formula is C24H22Cl2N4OS. The van der Waals surface area contributed by atoms with Gasteiger partial charge < -0.3 is 14.6 Å². The van der Waals surface area contributed by atoms with Crippen molar-refractivity contribution in [2.75, 3.05) is 12.4 Å². The average Bonchev–Trinajstić information content (AvgIpc) is 3.39. The van der Waals surface area contributed by atoms with Crippen molar-refractivity contribution in [2.24, 2.45) is 0 Å². The predicted molar refractivity (Wildman–Crippen MR) is 131 cm³/mol. The number of aromatic nitrogens is 3. The zero-order valence-electron chi connectivity index (χ0n) is 17.7. The Kier molecular flexibility index (Phi) is 5.84. The van der Waals surface area contributed by atoms with Crippen LogP contribution in [0.25, 0.3) is 5.69 Å². The Labute approximate surface area is 201 Å². The maximum absolute atomic E-state index is 6.52. The number of rotatable bonds is 5. The Hall–Kier alpha value is -2.54. The summed E-state index contributed by atoms with van der Waals surface area (Å²) in [5, 5.41) is 5.69. The number of imidazole rings is 1. The Morgan fingerprint density at radius 3 is 2.81 bits per heavy atom. The van der Waals surface area contributed by atoms with E-state index in [1.807, 2.05) is 54.1 Å². The molecule has 1 N–H and O–H groups in total. The molecule has 2 aromatic heterocycles. The van der Waals surface area contributed by atoms with Crippen molar-refractivity contribution in [2.45, 2.75) is 32.1 Å². The highest BCUT2D eigenvalue weighted by atomic mass is 35.5. The average molecular weight is 485 g/mol. The van der Waals surface area contributed by atoms with Gasteiger partial charge in [0.1, 0.15) is 5.75 Å². The molecule has 1 aliphatic carbocycles. The van der Waals surface area contributed by atoms with Crippen molar-refractivity contribution in [3.8, 4) is 11.4 Å². The maximum Gasteiger partial charge on any atom is 0.187 e. The summed E-state index contributed by atoms with van der Waals surface area (Å²) >= 11 is 14.3. The number of fused-ring (bicyclic) bond motifs is 1. The lowest BCUT2D eigenvalue weighted by molar-refractivity contribution is 0.413. The second-order valence-corrected chi connectivity index (χ2v) is 9.80. The topological polar surface area (TPSA) is 52.0 Å². The maximum atomic E-state index is 6.52. The van der Waals surface area contributed by atoms with E-state index < -0.39 is 0 Å². The lowest BCUT2D eigenvalue weighted by atomic mass is 9.85. The van der Waals surface area contributed by atoms with Gasteiger partial charge in [0.25, 0.3) is 0 Å². The molecule has 0 spiro atoms. The zero-order chi connectivity index (χ0) is 22.2. The molecule has 5 rings (SSSR count). The highest BCUT2D eigenvalue weighted by Crippen LogP contribution is 2.43. The van der Waals surface area contributed by atoms with E-state index in [0.29, 0.717) is 10.0 Å². The van der Waals surface area contributed by atoms with Crippen LogP contribution in [0.3, 0.4) is 0 Å². The summed E-state index contributed by atoms with van der Waals surface area (Å²) in [6, 6.07) is 11.8. The van der Waals surface area contributed by atoms with Gasteiger partial charge in [-0.3, -0.25) is 0 Å². The van der Waals surface area contributed by atoms with Crippen LogP contribution < -0.4 is 10.1 Å². The number of hydrogen-bond donors (Lipinski definition) is 1. The lowest BCUT2D eigenvalue weighted by Crippen LogP contribution is -2.10. The summed E-state index contributed by atoms with van der Waals surface area (Å²) < 4.78 is 7.59. The molecule has 0 aliphatic heterocycles. The minimum Gasteiger partial charge on any atom is -0.494 e. The molecule has 2 heterocycles. The third-order valence-electron chi connectivity index (χ3n) is 5.71. The summed E-state index contributed by atoms with van der Waals surface area (Å²) in [4.78, 5) is 10.6. The number of anilines is 2. The third-order valence-corrected chi connectivity index (χ3v) is 7.32. The molecule has 0 bridgehead atoms. The Balaban J connectivity index is 1.43. The van der Waals surface area contributed by atoms with E-state index in [0.717, 1.165) is 58.5 Å². The van der Waals surface area contributed by atoms with Crippen molar-refractivity contribution in [1.29, 1.82) is 0 Å². The number of halogens is 2. The molecule has 0 saturated carbocycles. The summed E-state index contributed by atoms with van der Waals surface area (Å²) in [5.41, 5.74) is 5.03. The van der Waals surface area contributed by atoms with Crippen LogP contribution in [0.4, 0.5) is 10.8 Å². The third kappa shape index (κ3) is 4.10. The normalized spacial score (nSPS) is 15.4. The number of nitrogens with zero attached hydrogens (tertiary/aromatic N) is 3. The minimum absolute atomic E-state index is 0.191. The first-order valence-electron chi connectivity index (χ1n) is 10.4. The fourth-order valence-electron chi connectivity index (χ4n) is 4.20. The molecule has 0 saturated heterocycles. The number of nitrogens with one attached hydrogen (secondary N) is 1. The van der Waals surface area contributed by atoms with Gasteiger partial charge in [0.15, 0.2) is 5.13 Å². The number of aryl methyl sites for hydroxylation is 2. The summed E-state index contributed by atoms with van der Waals surface area (Å²) in [6.45, 7) is 1.97. The van der Waals surface area contributed by atoms with E-state index in [1.165, 1.54) is 4.88 Å². The molecule has 1 aliphatic rings. The van der Waals surface area contributed by atoms with Crippen LogP contribution >= 0.6 is 34.5 Å². The van der Waals surface area contributed by atoms with Crippen LogP contribution in [0.15, 0.2) is 48.9 Å². The first kappa shape index (κ1) is 21.3. The van der Waals surface area contributed by atoms with Gasteiger partial charge in [0.2, 0.25) is 0 Å². The molecular weight excluding hydrogens is 463 g/mol. The lowest BCUT2D eigenvalue weighted by Gasteiger charge is -2.22. The van der Waals surface area contributed by atoms with Gasteiger partial charge in [-0.2, -0.15) is 0 Å². The van der Waals surface area contributed by atoms with Crippen LogP contribution in [0.2, 0.25) is 10.0 Å². The highest BCUT2D eigenvalue weighted by Gasteiger charge is 2.27. The minimum atomic E-state index is 0.191. The van der Waals surface area contributed by atoms with Crippen molar-refractivity contribution in [3.63, 3.8) is 0 Å². The largest absolute Gasteiger partial charge is 0.494 e. The number of thiazole rings is 1. The first-order chi connectivity index (χ1) is 15.5. The van der Waals surface area contributed by atoms with E-state index >= 15 is 0 Å². The standard InChI is InChI=1S/C24H22Cl2N4OS/c1-14-12-30(13-27-14)20-9-7-16(11-21(20)31-2)28-24-29-23-18(4-3-5-22(23)32-24)17-8-6-15(25)10-19(17)26/h6-13,18H,3-5H2,1-2H3,(H,28,29). The van der Waals surface area contributed by atoms with Crippen LogP contribution in [-0.4, -0.2) is 21.6 Å². The van der Waals surface area contributed by atoms with Crippen LogP contribution in [0.5, 0.6) is 5.75 Å². The molecule has 8 heteroatoms. The van der Waals surface area contributed by atoms with Gasteiger partial charge in [-0.15, -0.1) is 11.3 Å². The highest BCUT2D eigenvalue weighted by molar-refractivity contribution is 7.15. The zero-order valence-corrected chi connectivity index (χ0v) is 20.1. The number of hydrogen-bond acceptors (Lipinski definition) is 5. The fraction of sp³-hybridized carbons (Fsp3) is 0.250. The molecule has 0 radical (unpaired) electrons. The van der Waals surface area contributed by atoms with Gasteiger partial charge in [-0.1, -0.05) is 29.3 Å². The van der Waals surface area contributed by atoms with Crippen LogP contribution in [0, 0.1) is 6.92 Å². The summed E-state index contributed by atoms with van der Waals surface area (Å²) in [5.74, 6) is 0.955. The summed E-state index contributed by atoms with van der Waals surface area (Å²) in [6.07, 6.45) is 6.95. The van der Waals surface area contributed by atoms with Gasteiger partial charge in [0.05, 0.1) is 30.5 Å². The van der Waals surface area contributed by atoms with Crippen LogP contribution in [0.1, 0.15) is 40.6 Å². The molecule has 1 atom stereocenters. The number of benzene rings is 2. The van der Waals surface area contributed by atoms with E-state index in [9.17, 15) is 0 Å². The monoisotopic (exact) mass is 484 g/mol. The van der Waals surface area contributed by atoms with Gasteiger partial charge in [-0.25, -0.2) is 9.97 Å². The van der Waals surface area contributed by atoms with Gasteiger partial charge in [0, 0.05) is 38.8 Å². The van der Waals surface area contributed by atoms with E-state index in [-0.39, 0.29) is 5.92 Å². The molecule has 32 heavy (non-hydrogen) atoms. The second kappa shape index (κ2) is 8.77. The first-order valence-corrected chi connectivity index (χ1v) is 12.0. The molecule has 0 amide bonds. The van der Waals surface area contributed by atoms with Gasteiger partial charge in [-0.05, 0) is 56.0 Å².